The maximum absolute atomic E-state index is 12.1. The van der Waals surface area contributed by atoms with Gasteiger partial charge in [-0.3, -0.25) is 14.5 Å². The van der Waals surface area contributed by atoms with Crippen molar-refractivity contribution < 1.29 is 23.9 Å². The van der Waals surface area contributed by atoms with Gasteiger partial charge in [0.25, 0.3) is 11.7 Å². The molecule has 0 unspecified atom stereocenters. The molecule has 1 aliphatic rings. The van der Waals surface area contributed by atoms with Gasteiger partial charge in [0.2, 0.25) is 5.76 Å². The summed E-state index contributed by atoms with van der Waals surface area (Å²) in [6.07, 6.45) is 1.24. The van der Waals surface area contributed by atoms with Crippen LogP contribution in [0.15, 0.2) is 39.4 Å². The van der Waals surface area contributed by atoms with E-state index in [2.05, 4.69) is 15.9 Å². The van der Waals surface area contributed by atoms with Crippen molar-refractivity contribution in [3.63, 3.8) is 0 Å². The Labute approximate surface area is 127 Å². The number of ketones is 1. The first-order valence-electron chi connectivity index (χ1n) is 5.95. The quantitative estimate of drug-likeness (QED) is 0.860. The minimum atomic E-state index is -1.22. The van der Waals surface area contributed by atoms with E-state index in [1.807, 2.05) is 0 Å². The maximum atomic E-state index is 12.1. The number of carboxylic acids is 1. The zero-order chi connectivity index (χ0) is 15.1. The van der Waals surface area contributed by atoms with Crippen LogP contribution in [0, 0.1) is 0 Å². The molecule has 0 atom stereocenters. The molecule has 0 bridgehead atoms. The molecule has 0 aliphatic carbocycles. The van der Waals surface area contributed by atoms with Crippen LogP contribution in [0.3, 0.4) is 0 Å². The van der Waals surface area contributed by atoms with Gasteiger partial charge in [-0.2, -0.15) is 0 Å². The third-order valence-electron chi connectivity index (χ3n) is 3.21. The average molecular weight is 350 g/mol. The Morgan fingerprint density at radius 1 is 1.29 bits per heavy atom. The molecule has 1 aromatic carbocycles. The number of furan rings is 1. The molecule has 0 radical (unpaired) electrons. The summed E-state index contributed by atoms with van der Waals surface area (Å²) in [6.45, 7) is -0.0433. The van der Waals surface area contributed by atoms with Crippen molar-refractivity contribution >= 4 is 39.3 Å². The molecule has 106 valence electrons. The van der Waals surface area contributed by atoms with Gasteiger partial charge in [-0.15, -0.1) is 0 Å². The Hall–Kier alpha value is -2.41. The van der Waals surface area contributed by atoms with E-state index in [1.165, 1.54) is 17.2 Å². The number of Topliss-reactive ketones (excluding diaryl/α,β-unsaturated/α-hetero) is 1. The van der Waals surface area contributed by atoms with E-state index in [0.717, 1.165) is 0 Å². The van der Waals surface area contributed by atoms with E-state index < -0.39 is 17.7 Å². The fraction of sp³-hybridized carbons (Fsp3) is 0.0714. The molecule has 2 aromatic rings. The first-order valence-corrected chi connectivity index (χ1v) is 6.74. The number of benzene rings is 1. The van der Waals surface area contributed by atoms with E-state index in [9.17, 15) is 14.4 Å². The molecule has 6 nitrogen and oxygen atoms in total. The van der Waals surface area contributed by atoms with Crippen LogP contribution < -0.4 is 4.90 Å². The summed E-state index contributed by atoms with van der Waals surface area (Å²) >= 11 is 3.31. The number of amides is 1. The van der Waals surface area contributed by atoms with Crippen molar-refractivity contribution in [3.8, 4) is 0 Å². The maximum Gasteiger partial charge on any atom is 0.372 e. The molecular weight excluding hydrogens is 342 g/mol. The molecule has 3 rings (SSSR count). The van der Waals surface area contributed by atoms with E-state index in [4.69, 9.17) is 9.52 Å². The monoisotopic (exact) mass is 349 g/mol. The Morgan fingerprint density at radius 2 is 2.05 bits per heavy atom. The highest BCUT2D eigenvalue weighted by molar-refractivity contribution is 9.10. The fourth-order valence-corrected chi connectivity index (χ4v) is 2.86. The topological polar surface area (TPSA) is 87.8 Å². The molecule has 0 saturated heterocycles. The standard InChI is InChI=1S/C14H8BrNO5/c15-9-3-1-2-8-10(9)16(13(18)11(8)17)6-7-4-5-21-12(7)14(19)20/h1-5H,6H2,(H,19,20). The number of para-hydroxylation sites is 1. The average Bonchev–Trinajstić information content (AvgIpc) is 2.99. The van der Waals surface area contributed by atoms with Gasteiger partial charge in [0.15, 0.2) is 0 Å². The second kappa shape index (κ2) is 4.85. The SMILES string of the molecule is O=C1C(=O)N(Cc2ccoc2C(=O)O)c2c(Br)cccc21. The smallest absolute Gasteiger partial charge is 0.372 e. The van der Waals surface area contributed by atoms with Gasteiger partial charge in [0.05, 0.1) is 24.1 Å². The lowest BCUT2D eigenvalue weighted by atomic mass is 10.1. The fourth-order valence-electron chi connectivity index (χ4n) is 2.28. The first-order chi connectivity index (χ1) is 10.0. The van der Waals surface area contributed by atoms with Crippen LogP contribution in [0.25, 0.3) is 0 Å². The van der Waals surface area contributed by atoms with Crippen molar-refractivity contribution in [1.29, 1.82) is 0 Å². The van der Waals surface area contributed by atoms with Gasteiger partial charge < -0.3 is 9.52 Å². The highest BCUT2D eigenvalue weighted by atomic mass is 79.9. The van der Waals surface area contributed by atoms with Gasteiger partial charge in [0.1, 0.15) is 0 Å². The minimum absolute atomic E-state index is 0.0433. The molecule has 1 aromatic heterocycles. The second-order valence-corrected chi connectivity index (χ2v) is 5.29. The summed E-state index contributed by atoms with van der Waals surface area (Å²) < 4.78 is 5.48. The number of halogens is 1. The third kappa shape index (κ3) is 2.06. The van der Waals surface area contributed by atoms with Gasteiger partial charge in [-0.25, -0.2) is 4.79 Å². The number of aromatic carboxylic acids is 1. The molecule has 7 heteroatoms. The van der Waals surface area contributed by atoms with E-state index in [-0.39, 0.29) is 12.3 Å². The van der Waals surface area contributed by atoms with Crippen molar-refractivity contribution in [2.45, 2.75) is 6.54 Å². The van der Waals surface area contributed by atoms with Gasteiger partial charge in [0, 0.05) is 10.0 Å². The Morgan fingerprint density at radius 3 is 2.76 bits per heavy atom. The molecule has 2 heterocycles. The summed E-state index contributed by atoms with van der Waals surface area (Å²) in [7, 11) is 0. The summed E-state index contributed by atoms with van der Waals surface area (Å²) in [5, 5.41) is 9.02. The predicted molar refractivity (Wildman–Crippen MR) is 75.3 cm³/mol. The van der Waals surface area contributed by atoms with Crippen LogP contribution in [-0.2, 0) is 11.3 Å². The molecule has 0 spiro atoms. The van der Waals surface area contributed by atoms with Crippen molar-refractivity contribution in [2.75, 3.05) is 4.90 Å². The zero-order valence-electron chi connectivity index (χ0n) is 10.5. The number of fused-ring (bicyclic) bond motifs is 1. The number of carbonyl (C=O) groups is 3. The number of carbonyl (C=O) groups excluding carboxylic acids is 2. The number of hydrogen-bond acceptors (Lipinski definition) is 4. The lowest BCUT2D eigenvalue weighted by Gasteiger charge is -2.17. The Kier molecular flexibility index (Phi) is 3.13. The predicted octanol–water partition coefficient (Wildman–Crippen LogP) is 2.47. The van der Waals surface area contributed by atoms with Gasteiger partial charge in [-0.05, 0) is 34.1 Å². The van der Waals surface area contributed by atoms with Gasteiger partial charge >= 0.3 is 5.97 Å². The van der Waals surface area contributed by atoms with Gasteiger partial charge in [-0.1, -0.05) is 6.07 Å². The molecule has 1 N–H and O–H groups in total. The van der Waals surface area contributed by atoms with Crippen molar-refractivity contribution in [3.05, 3.63) is 51.9 Å². The first kappa shape index (κ1) is 13.6. The number of anilines is 1. The van der Waals surface area contributed by atoms with E-state index >= 15 is 0 Å². The molecule has 1 amide bonds. The summed E-state index contributed by atoms with van der Waals surface area (Å²) in [4.78, 5) is 36.3. The van der Waals surface area contributed by atoms with Crippen molar-refractivity contribution in [1.82, 2.24) is 0 Å². The summed E-state index contributed by atoms with van der Waals surface area (Å²) in [5.41, 5.74) is 1.08. The molecule has 21 heavy (non-hydrogen) atoms. The largest absolute Gasteiger partial charge is 0.475 e. The van der Waals surface area contributed by atoms with Crippen LogP contribution in [0.5, 0.6) is 0 Å². The second-order valence-electron chi connectivity index (χ2n) is 4.44. The molecule has 1 aliphatic heterocycles. The molecular formula is C14H8BrNO5. The van der Waals surface area contributed by atoms with Crippen LogP contribution in [-0.4, -0.2) is 22.8 Å². The van der Waals surface area contributed by atoms with E-state index in [1.54, 1.807) is 18.2 Å². The number of nitrogens with zero attached hydrogens (tertiary/aromatic N) is 1. The van der Waals surface area contributed by atoms with Crippen LogP contribution >= 0.6 is 15.9 Å². The third-order valence-corrected chi connectivity index (χ3v) is 3.85. The Balaban J connectivity index is 2.05. The number of carboxylic acid groups (broad SMARTS) is 1. The zero-order valence-corrected chi connectivity index (χ0v) is 12.1. The van der Waals surface area contributed by atoms with E-state index in [0.29, 0.717) is 21.3 Å². The van der Waals surface area contributed by atoms with Crippen LogP contribution in [0.4, 0.5) is 5.69 Å². The lowest BCUT2D eigenvalue weighted by Crippen LogP contribution is -2.29. The van der Waals surface area contributed by atoms with Crippen LogP contribution in [0.2, 0.25) is 0 Å². The highest BCUT2D eigenvalue weighted by Crippen LogP contribution is 2.37. The highest BCUT2D eigenvalue weighted by Gasteiger charge is 2.37. The minimum Gasteiger partial charge on any atom is -0.475 e. The number of hydrogen-bond donors (Lipinski definition) is 1. The van der Waals surface area contributed by atoms with Crippen LogP contribution in [0.1, 0.15) is 26.5 Å². The Bertz CT molecular complexity index is 779. The summed E-state index contributed by atoms with van der Waals surface area (Å²) in [5.74, 6) is -2.75. The molecule has 0 fully saturated rings. The number of rotatable bonds is 3. The lowest BCUT2D eigenvalue weighted by molar-refractivity contribution is -0.114. The van der Waals surface area contributed by atoms with Crippen molar-refractivity contribution in [2.24, 2.45) is 0 Å². The normalized spacial score (nSPS) is 13.7. The molecule has 0 saturated carbocycles. The summed E-state index contributed by atoms with van der Waals surface area (Å²) in [6, 6.07) is 6.41.